The highest BCUT2D eigenvalue weighted by Gasteiger charge is 2.11. The van der Waals surface area contributed by atoms with E-state index in [0.717, 1.165) is 10.4 Å². The molecular weight excluding hydrogens is 342 g/mol. The molecule has 0 atom stereocenters. The second kappa shape index (κ2) is 7.35. The molecule has 2 heterocycles. The van der Waals surface area contributed by atoms with Crippen LogP contribution < -0.4 is 20.3 Å². The second-order valence-electron chi connectivity index (χ2n) is 5.29. The van der Waals surface area contributed by atoms with Gasteiger partial charge in [0.2, 0.25) is 5.91 Å². The first kappa shape index (κ1) is 17.0. The van der Waals surface area contributed by atoms with Gasteiger partial charge in [-0.2, -0.15) is 0 Å². The Kier molecular flexibility index (Phi) is 4.99. The van der Waals surface area contributed by atoms with Gasteiger partial charge in [0.25, 0.3) is 5.56 Å². The SMILES string of the molecule is COc1ccc(CC(=O)NCc2cc3c(=O)[nH]cnc3s2)c(OC)c1. The molecule has 8 heteroatoms. The smallest absolute Gasteiger partial charge is 0.259 e. The first-order valence-corrected chi connectivity index (χ1v) is 8.36. The third-order valence-corrected chi connectivity index (χ3v) is 4.73. The number of carbonyl (C=O) groups excluding carboxylic acids is 1. The fourth-order valence-electron chi connectivity index (χ4n) is 2.42. The summed E-state index contributed by atoms with van der Waals surface area (Å²) in [6.45, 7) is 0.345. The largest absolute Gasteiger partial charge is 0.497 e. The molecule has 1 amide bonds. The Balaban J connectivity index is 1.66. The molecule has 0 aliphatic heterocycles. The molecule has 2 N–H and O–H groups in total. The average molecular weight is 359 g/mol. The Morgan fingerprint density at radius 1 is 1.28 bits per heavy atom. The van der Waals surface area contributed by atoms with Gasteiger partial charge < -0.3 is 19.8 Å². The normalized spacial score (nSPS) is 10.6. The molecule has 0 bridgehead atoms. The van der Waals surface area contributed by atoms with E-state index in [1.54, 1.807) is 38.5 Å². The fourth-order valence-corrected chi connectivity index (χ4v) is 3.36. The zero-order valence-electron chi connectivity index (χ0n) is 13.8. The van der Waals surface area contributed by atoms with Gasteiger partial charge in [-0.1, -0.05) is 6.07 Å². The number of thiophene rings is 1. The number of methoxy groups -OCH3 is 2. The molecule has 0 aliphatic rings. The number of amides is 1. The molecule has 2 aromatic heterocycles. The minimum Gasteiger partial charge on any atom is -0.497 e. The molecule has 0 aliphatic carbocycles. The van der Waals surface area contributed by atoms with Crippen molar-refractivity contribution in [2.45, 2.75) is 13.0 Å². The number of H-pyrrole nitrogens is 1. The highest BCUT2D eigenvalue weighted by Crippen LogP contribution is 2.25. The predicted octanol–water partition coefficient (Wildman–Crippen LogP) is 1.86. The summed E-state index contributed by atoms with van der Waals surface area (Å²) >= 11 is 1.39. The van der Waals surface area contributed by atoms with Gasteiger partial charge in [-0.25, -0.2) is 4.98 Å². The minimum atomic E-state index is -0.179. The molecule has 25 heavy (non-hydrogen) atoms. The molecule has 7 nitrogen and oxygen atoms in total. The lowest BCUT2D eigenvalue weighted by atomic mass is 10.1. The molecule has 1 aromatic carbocycles. The van der Waals surface area contributed by atoms with Gasteiger partial charge in [0.05, 0.1) is 38.9 Å². The first-order chi connectivity index (χ1) is 12.1. The number of aromatic nitrogens is 2. The van der Waals surface area contributed by atoms with Crippen molar-refractivity contribution in [1.29, 1.82) is 0 Å². The van der Waals surface area contributed by atoms with Crippen LogP contribution in [-0.4, -0.2) is 30.1 Å². The maximum atomic E-state index is 12.2. The Morgan fingerprint density at radius 2 is 2.12 bits per heavy atom. The fraction of sp³-hybridized carbons (Fsp3) is 0.235. The van der Waals surface area contributed by atoms with Crippen LogP contribution in [0.4, 0.5) is 0 Å². The van der Waals surface area contributed by atoms with Crippen molar-refractivity contribution in [3.05, 3.63) is 51.4 Å². The number of benzene rings is 1. The van der Waals surface area contributed by atoms with Crippen molar-refractivity contribution in [3.63, 3.8) is 0 Å². The summed E-state index contributed by atoms with van der Waals surface area (Å²) in [5.41, 5.74) is 0.594. The molecule has 3 aromatic rings. The number of ether oxygens (including phenoxy) is 2. The number of carbonyl (C=O) groups is 1. The van der Waals surface area contributed by atoms with Crippen LogP contribution in [-0.2, 0) is 17.8 Å². The molecule has 3 rings (SSSR count). The van der Waals surface area contributed by atoms with Crippen molar-refractivity contribution >= 4 is 27.5 Å². The van der Waals surface area contributed by atoms with E-state index in [9.17, 15) is 9.59 Å². The predicted molar refractivity (Wildman–Crippen MR) is 95.3 cm³/mol. The monoisotopic (exact) mass is 359 g/mol. The van der Waals surface area contributed by atoms with E-state index >= 15 is 0 Å². The summed E-state index contributed by atoms with van der Waals surface area (Å²) in [5, 5.41) is 3.39. The van der Waals surface area contributed by atoms with Crippen LogP contribution in [0.2, 0.25) is 0 Å². The third kappa shape index (κ3) is 3.80. The van der Waals surface area contributed by atoms with Crippen molar-refractivity contribution in [1.82, 2.24) is 15.3 Å². The van der Waals surface area contributed by atoms with Gasteiger partial charge in [0.15, 0.2) is 0 Å². The summed E-state index contributed by atoms with van der Waals surface area (Å²) in [6.07, 6.45) is 1.57. The van der Waals surface area contributed by atoms with Crippen LogP contribution in [0.25, 0.3) is 10.2 Å². The summed E-state index contributed by atoms with van der Waals surface area (Å²) in [7, 11) is 3.13. The molecular formula is C17H17N3O4S. The van der Waals surface area contributed by atoms with Crippen molar-refractivity contribution < 1.29 is 14.3 Å². The summed E-state index contributed by atoms with van der Waals surface area (Å²) in [4.78, 5) is 32.1. The Labute approximate surface area is 147 Å². The Bertz CT molecular complexity index is 964. The van der Waals surface area contributed by atoms with Crippen LogP contribution in [0, 0.1) is 0 Å². The van der Waals surface area contributed by atoms with Crippen molar-refractivity contribution in [3.8, 4) is 11.5 Å². The van der Waals surface area contributed by atoms with Gasteiger partial charge in [-0.05, 0) is 12.1 Å². The highest BCUT2D eigenvalue weighted by molar-refractivity contribution is 7.18. The van der Waals surface area contributed by atoms with Gasteiger partial charge in [-0.15, -0.1) is 11.3 Å². The number of fused-ring (bicyclic) bond motifs is 1. The number of hydrogen-bond donors (Lipinski definition) is 2. The average Bonchev–Trinajstić information content (AvgIpc) is 3.05. The van der Waals surface area contributed by atoms with E-state index in [-0.39, 0.29) is 17.9 Å². The van der Waals surface area contributed by atoms with E-state index in [1.165, 1.54) is 17.7 Å². The van der Waals surface area contributed by atoms with Crippen molar-refractivity contribution in [2.75, 3.05) is 14.2 Å². The van der Waals surface area contributed by atoms with E-state index in [0.29, 0.717) is 28.3 Å². The standard InChI is InChI=1S/C17H17N3O4S/c1-23-11-4-3-10(14(6-11)24-2)5-15(21)18-8-12-7-13-16(22)19-9-20-17(13)25-12/h3-4,6-7,9H,5,8H2,1-2H3,(H,18,21)(H,19,20,22). The zero-order chi connectivity index (χ0) is 17.8. The Morgan fingerprint density at radius 3 is 2.84 bits per heavy atom. The van der Waals surface area contributed by atoms with E-state index < -0.39 is 0 Å². The number of nitrogens with one attached hydrogen (secondary N) is 2. The molecule has 0 fully saturated rings. The van der Waals surface area contributed by atoms with Gasteiger partial charge in [0, 0.05) is 16.5 Å². The Hall–Kier alpha value is -2.87. The molecule has 0 saturated carbocycles. The molecule has 0 spiro atoms. The lowest BCUT2D eigenvalue weighted by Gasteiger charge is -2.10. The number of rotatable bonds is 6. The second-order valence-corrected chi connectivity index (χ2v) is 6.41. The van der Waals surface area contributed by atoms with E-state index in [1.807, 2.05) is 0 Å². The van der Waals surface area contributed by atoms with Crippen molar-refractivity contribution in [2.24, 2.45) is 0 Å². The number of aromatic amines is 1. The van der Waals surface area contributed by atoms with Gasteiger partial charge in [0.1, 0.15) is 16.3 Å². The number of hydrogen-bond acceptors (Lipinski definition) is 6. The molecule has 0 unspecified atom stereocenters. The van der Waals surface area contributed by atoms with Crippen LogP contribution >= 0.6 is 11.3 Å². The first-order valence-electron chi connectivity index (χ1n) is 7.54. The van der Waals surface area contributed by atoms with E-state index in [4.69, 9.17) is 9.47 Å². The quantitative estimate of drug-likeness (QED) is 0.701. The maximum Gasteiger partial charge on any atom is 0.259 e. The lowest BCUT2D eigenvalue weighted by Crippen LogP contribution is -2.24. The third-order valence-electron chi connectivity index (χ3n) is 3.69. The van der Waals surface area contributed by atoms with Crippen LogP contribution in [0.3, 0.4) is 0 Å². The maximum absolute atomic E-state index is 12.2. The zero-order valence-corrected chi connectivity index (χ0v) is 14.6. The lowest BCUT2D eigenvalue weighted by molar-refractivity contribution is -0.120. The summed E-state index contributed by atoms with van der Waals surface area (Å²) < 4.78 is 10.4. The molecule has 130 valence electrons. The van der Waals surface area contributed by atoms with Gasteiger partial charge in [-0.3, -0.25) is 9.59 Å². The summed E-state index contributed by atoms with van der Waals surface area (Å²) in [6, 6.07) is 7.09. The number of nitrogens with zero attached hydrogens (tertiary/aromatic N) is 1. The minimum absolute atomic E-state index is 0.136. The topological polar surface area (TPSA) is 93.3 Å². The van der Waals surface area contributed by atoms with Crippen LogP contribution in [0.15, 0.2) is 35.4 Å². The molecule has 0 saturated heterocycles. The highest BCUT2D eigenvalue weighted by atomic mass is 32.1. The van der Waals surface area contributed by atoms with Crippen LogP contribution in [0.5, 0.6) is 11.5 Å². The van der Waals surface area contributed by atoms with Crippen LogP contribution in [0.1, 0.15) is 10.4 Å². The van der Waals surface area contributed by atoms with Gasteiger partial charge >= 0.3 is 0 Å². The summed E-state index contributed by atoms with van der Waals surface area (Å²) in [5.74, 6) is 1.14. The van der Waals surface area contributed by atoms with E-state index in [2.05, 4.69) is 15.3 Å². The molecule has 0 radical (unpaired) electrons.